The molecule has 1 heterocycles. The second kappa shape index (κ2) is 5.65. The van der Waals surface area contributed by atoms with Gasteiger partial charge in [-0.2, -0.15) is 4.99 Å². The van der Waals surface area contributed by atoms with Crippen molar-refractivity contribution in [3.05, 3.63) is 60.1 Å². The highest BCUT2D eigenvalue weighted by atomic mass is 16.5. The zero-order valence-corrected chi connectivity index (χ0v) is 9.08. The molecule has 0 aliphatic heterocycles. The molecule has 1 aromatic heterocycles. The van der Waals surface area contributed by atoms with Gasteiger partial charge in [0.25, 0.3) is 0 Å². The minimum absolute atomic E-state index is 0.225. The third-order valence-corrected chi connectivity index (χ3v) is 2.07. The molecule has 1 amide bonds. The second-order valence-corrected chi connectivity index (χ2v) is 3.36. The van der Waals surface area contributed by atoms with E-state index in [2.05, 4.69) is 4.99 Å². The van der Waals surface area contributed by atoms with Gasteiger partial charge in [0.2, 0.25) is 0 Å². The number of furan rings is 1. The molecule has 0 saturated carbocycles. The van der Waals surface area contributed by atoms with Crippen LogP contribution in [0, 0.1) is 0 Å². The van der Waals surface area contributed by atoms with E-state index in [1.54, 1.807) is 6.07 Å². The summed E-state index contributed by atoms with van der Waals surface area (Å²) in [6, 6.07) is 11.1. The minimum Gasteiger partial charge on any atom is -0.472 e. The molecule has 86 valence electrons. The first kappa shape index (κ1) is 11.1. The number of amides is 1. The smallest absolute Gasteiger partial charge is 0.433 e. The monoisotopic (exact) mass is 229 g/mol. The number of benzene rings is 1. The van der Waals surface area contributed by atoms with Crippen molar-refractivity contribution in [2.75, 3.05) is 0 Å². The molecule has 0 atom stereocenters. The number of nitrogens with zero attached hydrogens (tertiary/aromatic N) is 1. The SMILES string of the molecule is O=C(/N=C/c1ccoc1)OCc1ccccc1. The van der Waals surface area contributed by atoms with E-state index in [4.69, 9.17) is 9.15 Å². The first-order chi connectivity index (χ1) is 8.34. The zero-order chi connectivity index (χ0) is 11.9. The largest absolute Gasteiger partial charge is 0.472 e. The Kier molecular flexibility index (Phi) is 3.70. The average molecular weight is 229 g/mol. The van der Waals surface area contributed by atoms with Gasteiger partial charge in [-0.05, 0) is 11.6 Å². The Morgan fingerprint density at radius 2 is 2.12 bits per heavy atom. The highest BCUT2D eigenvalue weighted by Crippen LogP contribution is 2.02. The number of rotatable bonds is 3. The van der Waals surface area contributed by atoms with E-state index < -0.39 is 6.09 Å². The van der Waals surface area contributed by atoms with Gasteiger partial charge < -0.3 is 9.15 Å². The summed E-state index contributed by atoms with van der Waals surface area (Å²) in [5.41, 5.74) is 1.65. The Morgan fingerprint density at radius 1 is 1.29 bits per heavy atom. The Labute approximate surface area is 98.5 Å². The maximum Gasteiger partial charge on any atom is 0.433 e. The Balaban J connectivity index is 1.82. The van der Waals surface area contributed by atoms with Crippen molar-refractivity contribution in [1.82, 2.24) is 0 Å². The van der Waals surface area contributed by atoms with Crippen LogP contribution in [-0.2, 0) is 11.3 Å². The van der Waals surface area contributed by atoms with Crippen molar-refractivity contribution in [1.29, 1.82) is 0 Å². The Morgan fingerprint density at radius 3 is 2.82 bits per heavy atom. The molecule has 0 radical (unpaired) electrons. The average Bonchev–Trinajstić information content (AvgIpc) is 2.88. The van der Waals surface area contributed by atoms with Gasteiger partial charge in [0.15, 0.2) is 0 Å². The molecule has 0 spiro atoms. The van der Waals surface area contributed by atoms with E-state index in [0.717, 1.165) is 11.1 Å². The summed E-state index contributed by atoms with van der Waals surface area (Å²) in [5.74, 6) is 0. The molecule has 2 aromatic rings. The van der Waals surface area contributed by atoms with Crippen LogP contribution in [0.15, 0.2) is 58.3 Å². The van der Waals surface area contributed by atoms with Crippen molar-refractivity contribution in [2.24, 2.45) is 4.99 Å². The van der Waals surface area contributed by atoms with E-state index in [-0.39, 0.29) is 6.61 Å². The lowest BCUT2D eigenvalue weighted by Gasteiger charge is -2.00. The van der Waals surface area contributed by atoms with Crippen molar-refractivity contribution >= 4 is 12.3 Å². The van der Waals surface area contributed by atoms with Crippen LogP contribution in [0.25, 0.3) is 0 Å². The summed E-state index contributed by atoms with van der Waals surface area (Å²) in [5, 5.41) is 0. The summed E-state index contributed by atoms with van der Waals surface area (Å²) >= 11 is 0. The van der Waals surface area contributed by atoms with Gasteiger partial charge in [0, 0.05) is 11.8 Å². The fraction of sp³-hybridized carbons (Fsp3) is 0.0769. The summed E-state index contributed by atoms with van der Waals surface area (Å²) < 4.78 is 9.79. The maximum absolute atomic E-state index is 11.3. The van der Waals surface area contributed by atoms with Crippen molar-refractivity contribution in [3.63, 3.8) is 0 Å². The standard InChI is InChI=1S/C13H11NO3/c15-13(14-8-12-6-7-16-9-12)17-10-11-4-2-1-3-5-11/h1-9H,10H2/b14-8+. The summed E-state index contributed by atoms with van der Waals surface area (Å²) in [7, 11) is 0. The van der Waals surface area contributed by atoms with Crippen LogP contribution in [0.4, 0.5) is 4.79 Å². The van der Waals surface area contributed by atoms with Crippen molar-refractivity contribution in [3.8, 4) is 0 Å². The molecule has 0 bridgehead atoms. The lowest BCUT2D eigenvalue weighted by atomic mass is 10.2. The number of aliphatic imine (C=N–C) groups is 1. The summed E-state index contributed by atoms with van der Waals surface area (Å²) in [6.07, 6.45) is 3.79. The molecule has 0 aliphatic carbocycles. The molecule has 1 aromatic carbocycles. The van der Waals surface area contributed by atoms with Crippen molar-refractivity contribution < 1.29 is 13.9 Å². The van der Waals surface area contributed by atoms with E-state index >= 15 is 0 Å². The molecule has 4 heteroatoms. The van der Waals surface area contributed by atoms with Crippen LogP contribution in [0.2, 0.25) is 0 Å². The molecular formula is C13H11NO3. The summed E-state index contributed by atoms with van der Waals surface area (Å²) in [6.45, 7) is 0.225. The maximum atomic E-state index is 11.3. The predicted molar refractivity (Wildman–Crippen MR) is 62.9 cm³/mol. The molecule has 17 heavy (non-hydrogen) atoms. The predicted octanol–water partition coefficient (Wildman–Crippen LogP) is 3.04. The van der Waals surface area contributed by atoms with Gasteiger partial charge in [0.05, 0.1) is 12.5 Å². The molecular weight excluding hydrogens is 218 g/mol. The number of carbonyl (C=O) groups is 1. The van der Waals surface area contributed by atoms with E-state index in [0.29, 0.717) is 0 Å². The third-order valence-electron chi connectivity index (χ3n) is 2.07. The normalized spacial score (nSPS) is 10.6. The van der Waals surface area contributed by atoms with Gasteiger partial charge >= 0.3 is 6.09 Å². The first-order valence-corrected chi connectivity index (χ1v) is 5.11. The molecule has 0 N–H and O–H groups in total. The highest BCUT2D eigenvalue weighted by Gasteiger charge is 1.99. The summed E-state index contributed by atoms with van der Waals surface area (Å²) in [4.78, 5) is 14.9. The lowest BCUT2D eigenvalue weighted by molar-refractivity contribution is 0.151. The first-order valence-electron chi connectivity index (χ1n) is 5.11. The number of carbonyl (C=O) groups excluding carboxylic acids is 1. The van der Waals surface area contributed by atoms with Gasteiger partial charge in [-0.3, -0.25) is 0 Å². The number of hydrogen-bond acceptors (Lipinski definition) is 3. The van der Waals surface area contributed by atoms with Gasteiger partial charge in [0.1, 0.15) is 6.61 Å². The van der Waals surface area contributed by atoms with Crippen LogP contribution in [-0.4, -0.2) is 12.3 Å². The fourth-order valence-corrected chi connectivity index (χ4v) is 1.23. The van der Waals surface area contributed by atoms with Crippen LogP contribution < -0.4 is 0 Å². The molecule has 0 saturated heterocycles. The van der Waals surface area contributed by atoms with Gasteiger partial charge in [-0.15, -0.1) is 0 Å². The van der Waals surface area contributed by atoms with E-state index in [9.17, 15) is 4.79 Å². The molecule has 4 nitrogen and oxygen atoms in total. The van der Waals surface area contributed by atoms with E-state index in [1.807, 2.05) is 30.3 Å². The molecule has 0 aliphatic rings. The van der Waals surface area contributed by atoms with Crippen molar-refractivity contribution in [2.45, 2.75) is 6.61 Å². The van der Waals surface area contributed by atoms with Crippen LogP contribution in [0.3, 0.4) is 0 Å². The quantitative estimate of drug-likeness (QED) is 0.760. The lowest BCUT2D eigenvalue weighted by Crippen LogP contribution is -1.99. The van der Waals surface area contributed by atoms with Gasteiger partial charge in [-0.25, -0.2) is 4.79 Å². The van der Waals surface area contributed by atoms with Crippen LogP contribution >= 0.6 is 0 Å². The number of hydrogen-bond donors (Lipinski definition) is 0. The third kappa shape index (κ3) is 3.61. The minimum atomic E-state index is -0.616. The topological polar surface area (TPSA) is 51.8 Å². The highest BCUT2D eigenvalue weighted by molar-refractivity contribution is 5.88. The molecule has 2 rings (SSSR count). The Bertz CT molecular complexity index is 489. The second-order valence-electron chi connectivity index (χ2n) is 3.36. The van der Waals surface area contributed by atoms with Crippen LogP contribution in [0.1, 0.15) is 11.1 Å². The zero-order valence-electron chi connectivity index (χ0n) is 9.08. The molecule has 0 fully saturated rings. The number of ether oxygens (including phenoxy) is 1. The van der Waals surface area contributed by atoms with E-state index in [1.165, 1.54) is 18.7 Å². The van der Waals surface area contributed by atoms with Gasteiger partial charge in [-0.1, -0.05) is 30.3 Å². The fourth-order valence-electron chi connectivity index (χ4n) is 1.23. The Hall–Kier alpha value is -2.36. The van der Waals surface area contributed by atoms with Crippen LogP contribution in [0.5, 0.6) is 0 Å². The molecule has 0 unspecified atom stereocenters.